The average molecular weight is 284 g/mol. The number of rotatable bonds is 5. The molecule has 1 aliphatic heterocycles. The van der Waals surface area contributed by atoms with Crippen LogP contribution in [0, 0.1) is 5.92 Å². The first kappa shape index (κ1) is 16.9. The Labute approximate surface area is 121 Å². The number of carbonyl (C=O) groups is 2. The molecule has 1 fully saturated rings. The summed E-state index contributed by atoms with van der Waals surface area (Å²) in [7, 11) is 0. The molecule has 20 heavy (non-hydrogen) atoms. The predicted octanol–water partition coefficient (Wildman–Crippen LogP) is 0.670. The summed E-state index contributed by atoms with van der Waals surface area (Å²) in [4.78, 5) is 25.5. The summed E-state index contributed by atoms with van der Waals surface area (Å²) in [6, 6.07) is -0.149. The highest BCUT2D eigenvalue weighted by Crippen LogP contribution is 2.18. The minimum absolute atomic E-state index is 0.0397. The molecule has 3 amide bonds. The number of nitrogens with zero attached hydrogens (tertiary/aromatic N) is 1. The second-order valence-electron chi connectivity index (χ2n) is 6.04. The maximum atomic E-state index is 11.9. The molecule has 1 heterocycles. The molecule has 1 aliphatic rings. The molecular formula is C14H28N4O2. The quantitative estimate of drug-likeness (QED) is 0.692. The first-order valence-electron chi connectivity index (χ1n) is 7.47. The lowest BCUT2D eigenvalue weighted by Gasteiger charge is -2.37. The molecule has 0 radical (unpaired) electrons. The maximum absolute atomic E-state index is 11.9. The fraction of sp³-hybridized carbons (Fsp3) is 0.857. The van der Waals surface area contributed by atoms with Crippen LogP contribution in [-0.4, -0.2) is 48.6 Å². The van der Waals surface area contributed by atoms with Gasteiger partial charge in [-0.2, -0.15) is 0 Å². The summed E-state index contributed by atoms with van der Waals surface area (Å²) in [6.45, 7) is 7.64. The Morgan fingerprint density at radius 1 is 1.30 bits per heavy atom. The van der Waals surface area contributed by atoms with Crippen molar-refractivity contribution < 1.29 is 9.59 Å². The first-order valence-corrected chi connectivity index (χ1v) is 7.47. The highest BCUT2D eigenvalue weighted by molar-refractivity contribution is 5.95. The molecule has 0 aromatic carbocycles. The zero-order valence-electron chi connectivity index (χ0n) is 12.8. The number of nitrogens with one attached hydrogen (secondary N) is 2. The molecule has 0 aromatic rings. The van der Waals surface area contributed by atoms with Crippen LogP contribution < -0.4 is 16.4 Å². The molecule has 0 aliphatic carbocycles. The van der Waals surface area contributed by atoms with E-state index in [1.807, 2.05) is 20.8 Å². The normalized spacial score (nSPS) is 21.6. The van der Waals surface area contributed by atoms with Crippen LogP contribution in [-0.2, 0) is 4.79 Å². The predicted molar refractivity (Wildman–Crippen MR) is 79.2 cm³/mol. The van der Waals surface area contributed by atoms with Gasteiger partial charge in [0.15, 0.2) is 0 Å². The fourth-order valence-corrected chi connectivity index (χ4v) is 2.50. The lowest BCUT2D eigenvalue weighted by atomic mass is 9.97. The molecule has 1 rings (SSSR count). The van der Waals surface area contributed by atoms with E-state index in [1.165, 1.54) is 0 Å². The average Bonchev–Trinajstić information content (AvgIpc) is 2.36. The van der Waals surface area contributed by atoms with Crippen molar-refractivity contribution >= 4 is 11.9 Å². The van der Waals surface area contributed by atoms with Gasteiger partial charge in [0.1, 0.15) is 0 Å². The second-order valence-corrected chi connectivity index (χ2v) is 6.04. The van der Waals surface area contributed by atoms with Crippen molar-refractivity contribution in [1.29, 1.82) is 0 Å². The van der Waals surface area contributed by atoms with Crippen molar-refractivity contribution in [2.45, 2.75) is 52.1 Å². The van der Waals surface area contributed by atoms with Crippen LogP contribution in [0.5, 0.6) is 0 Å². The fourth-order valence-electron chi connectivity index (χ4n) is 2.50. The van der Waals surface area contributed by atoms with Crippen LogP contribution in [0.15, 0.2) is 0 Å². The molecular weight excluding hydrogens is 256 g/mol. The second kappa shape index (κ2) is 8.21. The van der Waals surface area contributed by atoms with E-state index in [-0.39, 0.29) is 24.5 Å². The van der Waals surface area contributed by atoms with Gasteiger partial charge >= 0.3 is 6.03 Å². The van der Waals surface area contributed by atoms with Crippen molar-refractivity contribution in [3.63, 3.8) is 0 Å². The lowest BCUT2D eigenvalue weighted by Crippen LogP contribution is -2.53. The Hall–Kier alpha value is -1.14. The SMILES string of the molecule is CC(C)CNC(=O)NC(=O)CN1CCCCC1C(C)N. The molecule has 4 N–H and O–H groups in total. The van der Waals surface area contributed by atoms with E-state index in [2.05, 4.69) is 15.5 Å². The van der Waals surface area contributed by atoms with Crippen molar-refractivity contribution in [2.75, 3.05) is 19.6 Å². The molecule has 2 unspecified atom stereocenters. The van der Waals surface area contributed by atoms with Crippen LogP contribution >= 0.6 is 0 Å². The van der Waals surface area contributed by atoms with Crippen LogP contribution in [0.25, 0.3) is 0 Å². The molecule has 0 saturated carbocycles. The number of hydrogen-bond donors (Lipinski definition) is 3. The van der Waals surface area contributed by atoms with Gasteiger partial charge < -0.3 is 11.1 Å². The first-order chi connectivity index (χ1) is 9.40. The Balaban J connectivity index is 2.38. The van der Waals surface area contributed by atoms with E-state index in [0.29, 0.717) is 12.5 Å². The van der Waals surface area contributed by atoms with Crippen LogP contribution in [0.4, 0.5) is 4.79 Å². The van der Waals surface area contributed by atoms with E-state index in [4.69, 9.17) is 5.73 Å². The van der Waals surface area contributed by atoms with E-state index in [9.17, 15) is 9.59 Å². The maximum Gasteiger partial charge on any atom is 0.321 e. The lowest BCUT2D eigenvalue weighted by molar-refractivity contribution is -0.122. The summed E-state index contributed by atoms with van der Waals surface area (Å²) in [5, 5.41) is 5.04. The van der Waals surface area contributed by atoms with Crippen molar-refractivity contribution in [2.24, 2.45) is 11.7 Å². The van der Waals surface area contributed by atoms with Gasteiger partial charge in [-0.05, 0) is 32.2 Å². The van der Waals surface area contributed by atoms with Gasteiger partial charge in [-0.1, -0.05) is 20.3 Å². The van der Waals surface area contributed by atoms with E-state index in [1.54, 1.807) is 0 Å². The molecule has 116 valence electrons. The van der Waals surface area contributed by atoms with Crippen molar-refractivity contribution in [1.82, 2.24) is 15.5 Å². The Kier molecular flexibility index (Phi) is 6.95. The highest BCUT2D eigenvalue weighted by Gasteiger charge is 2.27. The molecule has 1 saturated heterocycles. The molecule has 0 spiro atoms. The van der Waals surface area contributed by atoms with E-state index >= 15 is 0 Å². The summed E-state index contributed by atoms with van der Waals surface area (Å²) < 4.78 is 0. The van der Waals surface area contributed by atoms with Gasteiger partial charge in [-0.25, -0.2) is 4.79 Å². The number of amides is 3. The number of nitrogens with two attached hydrogens (primary N) is 1. The number of piperidine rings is 1. The van der Waals surface area contributed by atoms with Gasteiger partial charge in [-0.3, -0.25) is 15.0 Å². The van der Waals surface area contributed by atoms with Crippen molar-refractivity contribution in [3.05, 3.63) is 0 Å². The minimum Gasteiger partial charge on any atom is -0.338 e. The molecule has 6 heteroatoms. The summed E-state index contributed by atoms with van der Waals surface area (Å²) in [5.74, 6) is 0.0965. The molecule has 2 atom stereocenters. The van der Waals surface area contributed by atoms with Gasteiger partial charge in [0.05, 0.1) is 6.54 Å². The largest absolute Gasteiger partial charge is 0.338 e. The molecule has 0 bridgehead atoms. The number of hydrogen-bond acceptors (Lipinski definition) is 4. The van der Waals surface area contributed by atoms with Gasteiger partial charge in [-0.15, -0.1) is 0 Å². The Morgan fingerprint density at radius 3 is 2.60 bits per heavy atom. The van der Waals surface area contributed by atoms with E-state index < -0.39 is 6.03 Å². The van der Waals surface area contributed by atoms with Gasteiger partial charge in [0, 0.05) is 18.6 Å². The third-order valence-corrected chi connectivity index (χ3v) is 3.54. The van der Waals surface area contributed by atoms with Gasteiger partial charge in [0.2, 0.25) is 5.91 Å². The summed E-state index contributed by atoms with van der Waals surface area (Å²) in [6.07, 6.45) is 3.25. The molecule has 0 aromatic heterocycles. The Morgan fingerprint density at radius 2 is 2.00 bits per heavy atom. The Bertz CT molecular complexity index is 331. The van der Waals surface area contributed by atoms with Crippen molar-refractivity contribution in [3.8, 4) is 0 Å². The number of imide groups is 1. The zero-order valence-corrected chi connectivity index (χ0v) is 12.8. The number of likely N-dealkylation sites (tertiary alicyclic amines) is 1. The van der Waals surface area contributed by atoms with Crippen LogP contribution in [0.3, 0.4) is 0 Å². The number of urea groups is 1. The zero-order chi connectivity index (χ0) is 15.1. The monoisotopic (exact) mass is 284 g/mol. The number of carbonyl (C=O) groups excluding carboxylic acids is 2. The summed E-state index contributed by atoms with van der Waals surface area (Å²) >= 11 is 0. The third-order valence-electron chi connectivity index (χ3n) is 3.54. The topological polar surface area (TPSA) is 87.5 Å². The smallest absolute Gasteiger partial charge is 0.321 e. The molecule has 6 nitrogen and oxygen atoms in total. The van der Waals surface area contributed by atoms with Crippen LogP contribution in [0.2, 0.25) is 0 Å². The van der Waals surface area contributed by atoms with Crippen LogP contribution in [0.1, 0.15) is 40.0 Å². The highest BCUT2D eigenvalue weighted by atomic mass is 16.2. The van der Waals surface area contributed by atoms with Gasteiger partial charge in [0.25, 0.3) is 0 Å². The summed E-state index contributed by atoms with van der Waals surface area (Å²) in [5.41, 5.74) is 5.96. The standard InChI is InChI=1S/C14H28N4O2/c1-10(2)8-16-14(20)17-13(19)9-18-7-5-4-6-12(18)11(3)15/h10-12H,4-9,15H2,1-3H3,(H2,16,17,19,20). The third kappa shape index (κ3) is 5.88. The minimum atomic E-state index is -0.418. The van der Waals surface area contributed by atoms with E-state index in [0.717, 1.165) is 25.8 Å².